The Morgan fingerprint density at radius 3 is 1.65 bits per heavy atom. The van der Waals surface area contributed by atoms with Crippen molar-refractivity contribution in [1.29, 1.82) is 0 Å². The molecule has 1 aliphatic carbocycles. The van der Waals surface area contributed by atoms with E-state index in [4.69, 9.17) is 0 Å². The van der Waals surface area contributed by atoms with Gasteiger partial charge in [0.15, 0.2) is 0 Å². The van der Waals surface area contributed by atoms with Gasteiger partial charge in [-0.05, 0) is 83.6 Å². The predicted octanol–water partition coefficient (Wildman–Crippen LogP) is 12.8. The molecule has 0 aromatic heterocycles. The molecular formula is C50H93N3O6S3. The average Bonchev–Trinajstić information content (AvgIpc) is 4.04. The van der Waals surface area contributed by atoms with Crippen molar-refractivity contribution in [3.8, 4) is 0 Å². The molecule has 3 saturated heterocycles. The van der Waals surface area contributed by atoms with Crippen LogP contribution < -0.4 is 0 Å². The summed E-state index contributed by atoms with van der Waals surface area (Å²) in [6, 6.07) is 9.93. The van der Waals surface area contributed by atoms with Gasteiger partial charge in [-0.3, -0.25) is 0 Å². The Kier molecular flexibility index (Phi) is 28.9. The lowest BCUT2D eigenvalue weighted by atomic mass is 10.0. The summed E-state index contributed by atoms with van der Waals surface area (Å²) in [6.45, 7) is 10.6. The fraction of sp³-hybridized carbons (Fsp3) is 0.840. The van der Waals surface area contributed by atoms with E-state index in [1.807, 2.05) is 60.6 Å². The van der Waals surface area contributed by atoms with Crippen LogP contribution in [0, 0.1) is 0 Å². The molecule has 0 spiro atoms. The lowest BCUT2D eigenvalue weighted by Crippen LogP contribution is -2.41. The van der Waals surface area contributed by atoms with Crippen LogP contribution in [-0.2, 0) is 35.8 Å². The van der Waals surface area contributed by atoms with Crippen LogP contribution in [0.15, 0.2) is 42.5 Å². The molecule has 1 aromatic carbocycles. The molecule has 0 N–H and O–H groups in total. The van der Waals surface area contributed by atoms with Gasteiger partial charge in [-0.2, -0.15) is 12.9 Å². The highest BCUT2D eigenvalue weighted by Gasteiger charge is 2.38. The Bertz CT molecular complexity index is 1650. The van der Waals surface area contributed by atoms with Gasteiger partial charge in [0.25, 0.3) is 0 Å². The van der Waals surface area contributed by atoms with E-state index < -0.39 is 30.1 Å². The Morgan fingerprint density at radius 1 is 0.565 bits per heavy atom. The summed E-state index contributed by atoms with van der Waals surface area (Å²) in [5.74, 6) is 0.493. The highest BCUT2D eigenvalue weighted by Crippen LogP contribution is 2.31. The second kappa shape index (κ2) is 31.6. The number of hydrogen-bond acceptors (Lipinski definition) is 6. The van der Waals surface area contributed by atoms with Crippen molar-refractivity contribution in [2.75, 3.05) is 25.4 Å². The van der Waals surface area contributed by atoms with Gasteiger partial charge >= 0.3 is 0 Å². The molecule has 12 heteroatoms. The molecule has 1 aromatic rings. The minimum Gasteiger partial charge on any atom is -0.212 e. The van der Waals surface area contributed by atoms with E-state index in [9.17, 15) is 25.3 Å². The molecule has 4 fully saturated rings. The molecule has 1 saturated carbocycles. The summed E-state index contributed by atoms with van der Waals surface area (Å²) in [6.07, 6.45) is 36.5. The Morgan fingerprint density at radius 2 is 1.08 bits per heavy atom. The normalized spacial score (nSPS) is 22.0. The van der Waals surface area contributed by atoms with Gasteiger partial charge in [-0.25, -0.2) is 25.3 Å². The number of allylic oxidation sites excluding steroid dienone is 1. The van der Waals surface area contributed by atoms with Gasteiger partial charge in [0, 0.05) is 37.8 Å². The standard InChI is InChI=1S/C24H49NO2S.C13H23NO2S.C12H17NO2S.CH4/c1-3-5-7-9-11-12-13-15-17-20-24-21-19-22-25(24)28(26,27)23-18-16-14-10-8-6-4-2;1-2-7-12-8-6-11-14(12)17(15,16)13-9-4-3-5-10-13;1-11-6-5-9-13(11)16(14,15)10-12-7-3-2-4-8-12;/h24H,3-23H2,1-2H3;2,7,12-13H,3-6,8-11H2,1H3;2-4,7-8,11H,5-6,9-10H2,1H3;1H4/b;7-2+;;. The maximum absolute atomic E-state index is 12.8. The maximum atomic E-state index is 12.8. The molecule has 362 valence electrons. The van der Waals surface area contributed by atoms with Crippen LogP contribution in [0.4, 0.5) is 0 Å². The number of unbranched alkanes of at least 4 members (excludes halogenated alkanes) is 14. The molecule has 4 aliphatic rings. The summed E-state index contributed by atoms with van der Waals surface area (Å²) in [4.78, 5) is 0. The molecule has 0 amide bonds. The predicted molar refractivity (Wildman–Crippen MR) is 265 cm³/mol. The van der Waals surface area contributed by atoms with Gasteiger partial charge in [-0.15, -0.1) is 0 Å². The van der Waals surface area contributed by atoms with Crippen LogP contribution in [0.25, 0.3) is 0 Å². The zero-order valence-corrected chi connectivity index (χ0v) is 41.7. The summed E-state index contributed by atoms with van der Waals surface area (Å²) in [5.41, 5.74) is 0.863. The van der Waals surface area contributed by atoms with Crippen LogP contribution in [0.2, 0.25) is 0 Å². The third kappa shape index (κ3) is 20.5. The smallest absolute Gasteiger partial charge is 0.212 e. The fourth-order valence-corrected chi connectivity index (χ4v) is 15.7. The number of benzene rings is 1. The largest absolute Gasteiger partial charge is 0.218 e. The molecule has 62 heavy (non-hydrogen) atoms. The summed E-state index contributed by atoms with van der Waals surface area (Å²) >= 11 is 0. The first-order valence-electron chi connectivity index (χ1n) is 25.0. The summed E-state index contributed by atoms with van der Waals surface area (Å²) in [7, 11) is -9.21. The van der Waals surface area contributed by atoms with Crippen LogP contribution in [0.1, 0.15) is 220 Å². The fourth-order valence-electron chi connectivity index (χ4n) is 9.75. The summed E-state index contributed by atoms with van der Waals surface area (Å²) in [5, 5.41) is -0.109. The Hall–Kier alpha value is -1.31. The lowest BCUT2D eigenvalue weighted by molar-refractivity contribution is 0.358. The average molecular weight is 929 g/mol. The molecular weight excluding hydrogens is 835 g/mol. The third-order valence-electron chi connectivity index (χ3n) is 13.3. The van der Waals surface area contributed by atoms with Crippen molar-refractivity contribution in [2.45, 2.75) is 244 Å². The molecule has 3 aliphatic heterocycles. The molecule has 0 bridgehead atoms. The van der Waals surface area contributed by atoms with E-state index in [1.54, 1.807) is 8.61 Å². The number of hydrogen-bond donors (Lipinski definition) is 0. The minimum atomic E-state index is -3.13. The second-order valence-electron chi connectivity index (χ2n) is 18.5. The van der Waals surface area contributed by atoms with Crippen LogP contribution >= 0.6 is 0 Å². The van der Waals surface area contributed by atoms with E-state index in [0.29, 0.717) is 24.9 Å². The number of nitrogens with zero attached hydrogens (tertiary/aromatic N) is 3. The van der Waals surface area contributed by atoms with Crippen molar-refractivity contribution in [1.82, 2.24) is 12.9 Å². The van der Waals surface area contributed by atoms with Crippen LogP contribution in [-0.4, -0.2) is 86.9 Å². The zero-order chi connectivity index (χ0) is 44.4. The van der Waals surface area contributed by atoms with Gasteiger partial charge < -0.3 is 0 Å². The Labute approximate surface area is 383 Å². The van der Waals surface area contributed by atoms with E-state index >= 15 is 0 Å². The van der Waals surface area contributed by atoms with Gasteiger partial charge in [0.1, 0.15) is 0 Å². The first-order valence-corrected chi connectivity index (χ1v) is 29.8. The monoisotopic (exact) mass is 928 g/mol. The SMILES string of the molecule is C.C/C=C/C1CCCN1S(=O)(=O)C1CCCCC1.CC1CCCN1S(=O)(=O)Cc1ccccc1.CCCCCCCCCCCC1CCCN1S(=O)(=O)CCCCCCCCC. The van der Waals surface area contributed by atoms with E-state index in [2.05, 4.69) is 13.8 Å². The third-order valence-corrected chi connectivity index (χ3v) is 19.7. The van der Waals surface area contributed by atoms with Gasteiger partial charge in [-0.1, -0.05) is 179 Å². The van der Waals surface area contributed by atoms with Crippen molar-refractivity contribution in [3.05, 3.63) is 48.0 Å². The van der Waals surface area contributed by atoms with E-state index in [-0.39, 0.29) is 30.5 Å². The van der Waals surface area contributed by atoms with E-state index in [1.165, 1.54) is 96.3 Å². The van der Waals surface area contributed by atoms with Gasteiger partial charge in [0.05, 0.1) is 16.8 Å². The Balaban J connectivity index is 0.000000335. The molecule has 3 atom stereocenters. The minimum absolute atomic E-state index is 0. The van der Waals surface area contributed by atoms with E-state index in [0.717, 1.165) is 95.6 Å². The van der Waals surface area contributed by atoms with Crippen molar-refractivity contribution < 1.29 is 25.3 Å². The topological polar surface area (TPSA) is 112 Å². The number of rotatable bonds is 25. The van der Waals surface area contributed by atoms with Crippen molar-refractivity contribution >= 4 is 30.1 Å². The molecule has 3 unspecified atom stereocenters. The zero-order valence-electron chi connectivity index (χ0n) is 39.2. The molecule has 9 nitrogen and oxygen atoms in total. The highest BCUT2D eigenvalue weighted by atomic mass is 32.2. The molecule has 0 radical (unpaired) electrons. The van der Waals surface area contributed by atoms with Gasteiger partial charge in [0.2, 0.25) is 30.1 Å². The second-order valence-corrected chi connectivity index (χ2v) is 24.6. The highest BCUT2D eigenvalue weighted by molar-refractivity contribution is 7.90. The summed E-state index contributed by atoms with van der Waals surface area (Å²) < 4.78 is 80.2. The lowest BCUT2D eigenvalue weighted by Gasteiger charge is -2.29. The first kappa shape index (κ1) is 56.8. The first-order chi connectivity index (χ1) is 29.4. The number of sulfonamides is 3. The maximum Gasteiger partial charge on any atom is 0.218 e. The van der Waals surface area contributed by atoms with Crippen LogP contribution in [0.5, 0.6) is 0 Å². The van der Waals surface area contributed by atoms with Crippen molar-refractivity contribution in [2.24, 2.45) is 0 Å². The van der Waals surface area contributed by atoms with Crippen molar-refractivity contribution in [3.63, 3.8) is 0 Å². The molecule has 5 rings (SSSR count). The quantitative estimate of drug-likeness (QED) is 0.0713. The van der Waals surface area contributed by atoms with Crippen LogP contribution in [0.3, 0.4) is 0 Å². The molecule has 3 heterocycles.